The second-order valence-electron chi connectivity index (χ2n) is 4.04. The Kier molecular flexibility index (Phi) is 3.68. The Morgan fingerprint density at radius 3 is 2.68 bits per heavy atom. The van der Waals surface area contributed by atoms with Gasteiger partial charge in [0.05, 0.1) is 12.8 Å². The maximum atomic E-state index is 11.7. The van der Waals surface area contributed by atoms with E-state index in [4.69, 9.17) is 15.7 Å². The molecule has 0 radical (unpaired) electrons. The highest BCUT2D eigenvalue weighted by molar-refractivity contribution is 5.45. The molecule has 1 aromatic heterocycles. The van der Waals surface area contributed by atoms with Gasteiger partial charge in [-0.15, -0.1) is 0 Å². The maximum absolute atomic E-state index is 11.7. The minimum absolute atomic E-state index is 0.229. The number of hydrogen-bond acceptors (Lipinski definition) is 9. The van der Waals surface area contributed by atoms with Crippen molar-refractivity contribution in [3.8, 4) is 5.75 Å². The average Bonchev–Trinajstić information content (AvgIpc) is 2.68. The van der Waals surface area contributed by atoms with Gasteiger partial charge in [0, 0.05) is 0 Å². The number of ether oxygens (including phenoxy) is 1. The second-order valence-corrected chi connectivity index (χ2v) is 4.04. The lowest BCUT2D eigenvalue weighted by Crippen LogP contribution is -2.36. The summed E-state index contributed by atoms with van der Waals surface area (Å²) in [6, 6.07) is 0. The van der Waals surface area contributed by atoms with E-state index in [-0.39, 0.29) is 5.82 Å². The molecular weight excluding hydrogens is 260 g/mol. The van der Waals surface area contributed by atoms with Gasteiger partial charge in [0.1, 0.15) is 18.3 Å². The SMILES string of the molecule is NNc1nc(=O)n([C@@H]2O[C@H](CO)C(O)C2O)cc1O. The standard InChI is InChI=1S/C9H14N4O6/c10-12-7-3(15)1-13(9(18)11-7)8-6(17)5(16)4(2-14)19-8/h1,4-6,8,14-17H,2,10H2,(H,11,12,18)/t4-,5?,6?,8-/m1/s1. The van der Waals surface area contributed by atoms with Gasteiger partial charge in [-0.3, -0.25) is 4.57 Å². The topological polar surface area (TPSA) is 163 Å². The molecule has 0 amide bonds. The summed E-state index contributed by atoms with van der Waals surface area (Å²) in [6.45, 7) is -0.522. The molecule has 0 bridgehead atoms. The second kappa shape index (κ2) is 5.11. The lowest BCUT2D eigenvalue weighted by Gasteiger charge is -2.17. The van der Waals surface area contributed by atoms with Crippen LogP contribution in [0.3, 0.4) is 0 Å². The monoisotopic (exact) mass is 274 g/mol. The van der Waals surface area contributed by atoms with Crippen LogP contribution in [0.5, 0.6) is 5.75 Å². The molecule has 2 unspecified atom stereocenters. The third kappa shape index (κ3) is 2.27. The highest BCUT2D eigenvalue weighted by Crippen LogP contribution is 2.29. The molecule has 0 aliphatic carbocycles. The smallest absolute Gasteiger partial charge is 0.352 e. The van der Waals surface area contributed by atoms with E-state index in [0.717, 1.165) is 10.8 Å². The van der Waals surface area contributed by atoms with E-state index in [1.165, 1.54) is 0 Å². The first-order chi connectivity index (χ1) is 8.99. The Morgan fingerprint density at radius 1 is 1.47 bits per heavy atom. The van der Waals surface area contributed by atoms with Crippen LogP contribution in [-0.2, 0) is 4.74 Å². The summed E-state index contributed by atoms with van der Waals surface area (Å²) in [4.78, 5) is 15.1. The molecule has 106 valence electrons. The van der Waals surface area contributed by atoms with Gasteiger partial charge in [0.15, 0.2) is 17.8 Å². The first-order valence-electron chi connectivity index (χ1n) is 5.40. The van der Waals surface area contributed by atoms with Crippen LogP contribution in [0.1, 0.15) is 6.23 Å². The van der Waals surface area contributed by atoms with Crippen LogP contribution in [0.2, 0.25) is 0 Å². The van der Waals surface area contributed by atoms with Crippen LogP contribution in [0.15, 0.2) is 11.0 Å². The Labute approximate surface area is 106 Å². The van der Waals surface area contributed by atoms with E-state index >= 15 is 0 Å². The van der Waals surface area contributed by atoms with Crippen molar-refractivity contribution >= 4 is 5.82 Å². The van der Waals surface area contributed by atoms with Gasteiger partial charge in [-0.25, -0.2) is 10.6 Å². The van der Waals surface area contributed by atoms with Gasteiger partial charge in [-0.05, 0) is 0 Å². The van der Waals surface area contributed by atoms with Crippen molar-refractivity contribution in [1.29, 1.82) is 0 Å². The molecule has 0 spiro atoms. The van der Waals surface area contributed by atoms with Gasteiger partial charge in [-0.1, -0.05) is 0 Å². The normalized spacial score (nSPS) is 30.5. The van der Waals surface area contributed by atoms with Gasteiger partial charge in [0.25, 0.3) is 0 Å². The molecule has 2 rings (SSSR count). The van der Waals surface area contributed by atoms with Gasteiger partial charge in [-0.2, -0.15) is 4.98 Å². The van der Waals surface area contributed by atoms with Gasteiger partial charge < -0.3 is 30.6 Å². The lowest BCUT2D eigenvalue weighted by atomic mass is 10.1. The minimum atomic E-state index is -1.44. The van der Waals surface area contributed by atoms with E-state index < -0.39 is 42.6 Å². The molecule has 19 heavy (non-hydrogen) atoms. The summed E-state index contributed by atoms with van der Waals surface area (Å²) in [5.74, 6) is 4.38. The third-order valence-electron chi connectivity index (χ3n) is 2.86. The quantitative estimate of drug-likeness (QED) is 0.246. The fourth-order valence-corrected chi connectivity index (χ4v) is 1.86. The minimum Gasteiger partial charge on any atom is -0.503 e. The van der Waals surface area contributed by atoms with E-state index in [0.29, 0.717) is 0 Å². The molecule has 1 aliphatic rings. The molecule has 1 saturated heterocycles. The van der Waals surface area contributed by atoms with Crippen molar-refractivity contribution < 1.29 is 25.2 Å². The molecular formula is C9H14N4O6. The van der Waals surface area contributed by atoms with Crippen LogP contribution in [-0.4, -0.2) is 54.9 Å². The fraction of sp³-hybridized carbons (Fsp3) is 0.556. The van der Waals surface area contributed by atoms with Crippen molar-refractivity contribution in [2.45, 2.75) is 24.5 Å². The highest BCUT2D eigenvalue weighted by atomic mass is 16.6. The number of aliphatic hydroxyl groups is 3. The fourth-order valence-electron chi connectivity index (χ4n) is 1.86. The number of aromatic nitrogens is 2. The van der Waals surface area contributed by atoms with Gasteiger partial charge >= 0.3 is 5.69 Å². The predicted octanol–water partition coefficient (Wildman–Crippen LogP) is -3.15. The third-order valence-corrected chi connectivity index (χ3v) is 2.86. The molecule has 10 heteroatoms. The Bertz CT molecular complexity index is 520. The number of rotatable bonds is 3. The van der Waals surface area contributed by atoms with E-state index in [1.807, 2.05) is 5.43 Å². The number of nitrogens with zero attached hydrogens (tertiary/aromatic N) is 2. The number of aromatic hydroxyl groups is 1. The number of aliphatic hydroxyl groups excluding tert-OH is 3. The van der Waals surface area contributed by atoms with Crippen molar-refractivity contribution in [3.63, 3.8) is 0 Å². The van der Waals surface area contributed by atoms with Crippen LogP contribution >= 0.6 is 0 Å². The molecule has 1 aliphatic heterocycles. The Balaban J connectivity index is 2.38. The van der Waals surface area contributed by atoms with Crippen LogP contribution in [0.25, 0.3) is 0 Å². The molecule has 4 atom stereocenters. The van der Waals surface area contributed by atoms with E-state index in [9.17, 15) is 20.1 Å². The van der Waals surface area contributed by atoms with Crippen molar-refractivity contribution in [3.05, 3.63) is 16.7 Å². The summed E-state index contributed by atoms with van der Waals surface area (Å²) in [5, 5.41) is 37.8. The first-order valence-corrected chi connectivity index (χ1v) is 5.40. The molecule has 7 N–H and O–H groups in total. The first kappa shape index (κ1) is 13.7. The summed E-state index contributed by atoms with van der Waals surface area (Å²) < 4.78 is 5.95. The number of nitrogen functional groups attached to an aromatic ring is 1. The molecule has 10 nitrogen and oxygen atoms in total. The molecule has 1 aromatic rings. The number of nitrogens with one attached hydrogen (secondary N) is 1. The van der Waals surface area contributed by atoms with Gasteiger partial charge in [0.2, 0.25) is 0 Å². The lowest BCUT2D eigenvalue weighted by molar-refractivity contribution is -0.0551. The predicted molar refractivity (Wildman–Crippen MR) is 61.0 cm³/mol. The molecule has 0 saturated carbocycles. The number of hydrazine groups is 1. The highest BCUT2D eigenvalue weighted by Gasteiger charge is 2.43. The largest absolute Gasteiger partial charge is 0.503 e. The zero-order chi connectivity index (χ0) is 14.2. The van der Waals surface area contributed by atoms with E-state index in [2.05, 4.69) is 4.98 Å². The molecule has 2 heterocycles. The average molecular weight is 274 g/mol. The molecule has 0 aromatic carbocycles. The summed E-state index contributed by atoms with van der Waals surface area (Å²) in [5.41, 5.74) is 1.18. The Hall–Kier alpha value is -1.72. The number of hydrogen-bond donors (Lipinski definition) is 6. The van der Waals surface area contributed by atoms with Crippen LogP contribution in [0.4, 0.5) is 5.82 Å². The van der Waals surface area contributed by atoms with E-state index in [1.54, 1.807) is 0 Å². The summed E-state index contributed by atoms with van der Waals surface area (Å²) in [7, 11) is 0. The molecule has 1 fully saturated rings. The van der Waals surface area contributed by atoms with Crippen molar-refractivity contribution in [2.24, 2.45) is 5.84 Å². The van der Waals surface area contributed by atoms with Crippen molar-refractivity contribution in [2.75, 3.05) is 12.0 Å². The van der Waals surface area contributed by atoms with Crippen molar-refractivity contribution in [1.82, 2.24) is 9.55 Å². The van der Waals surface area contributed by atoms with Crippen LogP contribution < -0.4 is 17.0 Å². The zero-order valence-corrected chi connectivity index (χ0v) is 9.67. The maximum Gasteiger partial charge on any atom is 0.352 e. The summed E-state index contributed by atoms with van der Waals surface area (Å²) in [6.07, 6.45) is -4.11. The number of anilines is 1. The Morgan fingerprint density at radius 2 is 2.16 bits per heavy atom. The zero-order valence-electron chi connectivity index (χ0n) is 9.67. The summed E-state index contributed by atoms with van der Waals surface area (Å²) >= 11 is 0. The number of nitrogens with two attached hydrogens (primary N) is 1. The van der Waals surface area contributed by atoms with Crippen LogP contribution in [0, 0.1) is 0 Å².